The molecular formula is C22H20N6O5S. The van der Waals surface area contributed by atoms with E-state index in [0.29, 0.717) is 22.4 Å². The van der Waals surface area contributed by atoms with Gasteiger partial charge in [0.1, 0.15) is 0 Å². The van der Waals surface area contributed by atoms with E-state index in [-0.39, 0.29) is 16.4 Å². The number of nitrogens with zero attached hydrogens (tertiary/aromatic N) is 3. The number of hydrogen-bond donors (Lipinski definition) is 3. The highest BCUT2D eigenvalue weighted by atomic mass is 32.2. The van der Waals surface area contributed by atoms with Crippen LogP contribution in [0.1, 0.15) is 23.0 Å². The molecule has 0 saturated carbocycles. The van der Waals surface area contributed by atoms with E-state index < -0.39 is 28.0 Å². The molecule has 2 aromatic heterocycles. The van der Waals surface area contributed by atoms with Crippen molar-refractivity contribution in [3.05, 3.63) is 72.3 Å². The largest absolute Gasteiger partial charge is 0.449 e. The van der Waals surface area contributed by atoms with E-state index in [0.717, 1.165) is 0 Å². The van der Waals surface area contributed by atoms with Gasteiger partial charge in [0.15, 0.2) is 6.10 Å². The lowest BCUT2D eigenvalue weighted by atomic mass is 10.2. The lowest BCUT2D eigenvalue weighted by Gasteiger charge is -2.14. The maximum absolute atomic E-state index is 12.5. The van der Waals surface area contributed by atoms with Crippen molar-refractivity contribution >= 4 is 44.6 Å². The number of aryl methyl sites for hydroxylation is 1. The van der Waals surface area contributed by atoms with Gasteiger partial charge in [-0.05, 0) is 62.4 Å². The van der Waals surface area contributed by atoms with E-state index in [1.54, 1.807) is 31.2 Å². The van der Waals surface area contributed by atoms with Crippen molar-refractivity contribution in [1.82, 2.24) is 19.9 Å². The Balaban J connectivity index is 1.37. The Morgan fingerprint density at radius 3 is 2.56 bits per heavy atom. The summed E-state index contributed by atoms with van der Waals surface area (Å²) >= 11 is 0. The summed E-state index contributed by atoms with van der Waals surface area (Å²) in [5, 5.41) is 2.59. The second-order valence-electron chi connectivity index (χ2n) is 7.32. The van der Waals surface area contributed by atoms with Crippen LogP contribution in [0, 0.1) is 6.92 Å². The lowest BCUT2D eigenvalue weighted by Crippen LogP contribution is -2.30. The summed E-state index contributed by atoms with van der Waals surface area (Å²) in [6, 6.07) is 12.0. The maximum Gasteiger partial charge on any atom is 0.338 e. The van der Waals surface area contributed by atoms with Gasteiger partial charge in [-0.2, -0.15) is 0 Å². The fourth-order valence-corrected chi connectivity index (χ4v) is 3.93. The molecule has 0 bridgehead atoms. The molecule has 1 unspecified atom stereocenters. The Labute approximate surface area is 194 Å². The summed E-state index contributed by atoms with van der Waals surface area (Å²) in [4.78, 5) is 39.7. The van der Waals surface area contributed by atoms with Gasteiger partial charge >= 0.3 is 5.97 Å². The second kappa shape index (κ2) is 9.27. The zero-order valence-corrected chi connectivity index (χ0v) is 19.0. The predicted octanol–water partition coefficient (Wildman–Crippen LogP) is 2.65. The monoisotopic (exact) mass is 480 g/mol. The number of amides is 1. The third-order valence-electron chi connectivity index (χ3n) is 4.76. The van der Waals surface area contributed by atoms with Crippen molar-refractivity contribution in [2.75, 3.05) is 10.0 Å². The van der Waals surface area contributed by atoms with E-state index in [1.165, 1.54) is 43.7 Å². The molecule has 2 heterocycles. The molecule has 12 heteroatoms. The predicted molar refractivity (Wildman–Crippen MR) is 124 cm³/mol. The minimum Gasteiger partial charge on any atom is -0.449 e. The number of H-pyrrole nitrogens is 1. The van der Waals surface area contributed by atoms with Crippen LogP contribution < -0.4 is 10.0 Å². The smallest absolute Gasteiger partial charge is 0.338 e. The van der Waals surface area contributed by atoms with Crippen LogP contribution in [0.15, 0.2) is 66.0 Å². The fourth-order valence-electron chi connectivity index (χ4n) is 2.98. The number of rotatable bonds is 7. The quantitative estimate of drug-likeness (QED) is 0.341. The highest BCUT2D eigenvalue weighted by molar-refractivity contribution is 7.92. The maximum atomic E-state index is 12.5. The number of aromatic nitrogens is 4. The fraction of sp³-hybridized carbons (Fsp3) is 0.136. The number of esters is 1. The normalized spacial score (nSPS) is 12.2. The van der Waals surface area contributed by atoms with Crippen molar-refractivity contribution in [3.8, 4) is 0 Å². The molecule has 0 spiro atoms. The number of fused-ring (bicyclic) bond motifs is 1. The first kappa shape index (κ1) is 22.9. The van der Waals surface area contributed by atoms with E-state index in [1.807, 2.05) is 0 Å². The number of nitrogens with one attached hydrogen (secondary N) is 3. The van der Waals surface area contributed by atoms with Crippen molar-refractivity contribution < 1.29 is 22.7 Å². The number of hydrogen-bond acceptors (Lipinski definition) is 8. The van der Waals surface area contributed by atoms with Gasteiger partial charge in [0.05, 0.1) is 27.8 Å². The standard InChI is InChI=1S/C22H20N6O5S/c1-13-9-10-23-22(26-13)28-34(31,32)17-6-4-16(5-7-17)27-20(29)14(2)33-21(30)15-3-8-18-19(11-15)25-12-24-18/h3-12,14H,1-2H3,(H,24,25)(H,27,29)(H,23,26,28). The summed E-state index contributed by atoms with van der Waals surface area (Å²) < 4.78 is 32.6. The van der Waals surface area contributed by atoms with Gasteiger partial charge < -0.3 is 15.0 Å². The number of sulfonamides is 1. The zero-order chi connectivity index (χ0) is 24.3. The summed E-state index contributed by atoms with van der Waals surface area (Å²) in [6.07, 6.45) is 1.87. The number of carbonyl (C=O) groups is 2. The van der Waals surface area contributed by atoms with E-state index in [2.05, 4.69) is 30.0 Å². The third-order valence-corrected chi connectivity index (χ3v) is 6.11. The van der Waals surface area contributed by atoms with Crippen LogP contribution in [0.4, 0.5) is 11.6 Å². The van der Waals surface area contributed by atoms with Crippen LogP contribution in [0.5, 0.6) is 0 Å². The SMILES string of the molecule is Cc1ccnc(NS(=O)(=O)c2ccc(NC(=O)C(C)OC(=O)c3ccc4nc[nH]c4c3)cc2)n1. The van der Waals surface area contributed by atoms with Crippen LogP contribution in [0.3, 0.4) is 0 Å². The van der Waals surface area contributed by atoms with Crippen molar-refractivity contribution in [1.29, 1.82) is 0 Å². The number of imidazole rings is 1. The number of carbonyl (C=O) groups excluding carboxylic acids is 2. The molecule has 3 N–H and O–H groups in total. The molecule has 1 atom stereocenters. The molecule has 34 heavy (non-hydrogen) atoms. The first-order valence-corrected chi connectivity index (χ1v) is 11.6. The molecule has 4 rings (SSSR count). The molecular weight excluding hydrogens is 460 g/mol. The first-order chi connectivity index (χ1) is 16.2. The van der Waals surface area contributed by atoms with Gasteiger partial charge in [-0.25, -0.2) is 32.9 Å². The van der Waals surface area contributed by atoms with Gasteiger partial charge in [-0.1, -0.05) is 0 Å². The highest BCUT2D eigenvalue weighted by Gasteiger charge is 2.20. The van der Waals surface area contributed by atoms with Gasteiger partial charge in [-0.3, -0.25) is 4.79 Å². The number of aromatic amines is 1. The number of ether oxygens (including phenoxy) is 1. The molecule has 11 nitrogen and oxygen atoms in total. The molecule has 0 aliphatic rings. The molecule has 0 radical (unpaired) electrons. The molecule has 0 aliphatic heterocycles. The van der Waals surface area contributed by atoms with Crippen LogP contribution in [-0.4, -0.2) is 46.3 Å². The van der Waals surface area contributed by atoms with Crippen LogP contribution in [0.25, 0.3) is 11.0 Å². The molecule has 0 aliphatic carbocycles. The Morgan fingerprint density at radius 1 is 1.06 bits per heavy atom. The van der Waals surface area contributed by atoms with E-state index in [9.17, 15) is 18.0 Å². The van der Waals surface area contributed by atoms with Crippen LogP contribution in [-0.2, 0) is 19.6 Å². The summed E-state index contributed by atoms with van der Waals surface area (Å²) in [5.74, 6) is -1.28. The topological polar surface area (TPSA) is 156 Å². The Kier molecular flexibility index (Phi) is 6.23. The highest BCUT2D eigenvalue weighted by Crippen LogP contribution is 2.18. The first-order valence-electron chi connectivity index (χ1n) is 10.1. The molecule has 2 aromatic carbocycles. The molecule has 1 amide bonds. The van der Waals surface area contributed by atoms with Gasteiger partial charge in [0, 0.05) is 17.6 Å². The number of anilines is 2. The minimum absolute atomic E-state index is 0.0377. The lowest BCUT2D eigenvalue weighted by molar-refractivity contribution is -0.123. The molecule has 0 fully saturated rings. The Bertz CT molecular complexity index is 1470. The van der Waals surface area contributed by atoms with Gasteiger partial charge in [0.25, 0.3) is 15.9 Å². The van der Waals surface area contributed by atoms with Crippen molar-refractivity contribution in [2.45, 2.75) is 24.8 Å². The summed E-state index contributed by atoms with van der Waals surface area (Å²) in [6.45, 7) is 3.15. The van der Waals surface area contributed by atoms with Gasteiger partial charge in [0.2, 0.25) is 5.95 Å². The average Bonchev–Trinajstić information content (AvgIpc) is 3.27. The zero-order valence-electron chi connectivity index (χ0n) is 18.1. The summed E-state index contributed by atoms with van der Waals surface area (Å²) in [5.41, 5.74) is 2.59. The molecule has 0 saturated heterocycles. The minimum atomic E-state index is -3.91. The van der Waals surface area contributed by atoms with Crippen molar-refractivity contribution in [2.24, 2.45) is 0 Å². The Hall–Kier alpha value is -4.32. The number of benzene rings is 2. The van der Waals surface area contributed by atoms with Crippen LogP contribution >= 0.6 is 0 Å². The van der Waals surface area contributed by atoms with Crippen molar-refractivity contribution in [3.63, 3.8) is 0 Å². The molecule has 4 aromatic rings. The van der Waals surface area contributed by atoms with Crippen LogP contribution in [0.2, 0.25) is 0 Å². The average molecular weight is 481 g/mol. The second-order valence-corrected chi connectivity index (χ2v) is 9.01. The van der Waals surface area contributed by atoms with Gasteiger partial charge in [-0.15, -0.1) is 0 Å². The third kappa shape index (κ3) is 5.18. The van der Waals surface area contributed by atoms with E-state index in [4.69, 9.17) is 4.74 Å². The van der Waals surface area contributed by atoms with E-state index >= 15 is 0 Å². The summed E-state index contributed by atoms with van der Waals surface area (Å²) in [7, 11) is -3.91. The Morgan fingerprint density at radius 2 is 1.82 bits per heavy atom. The molecule has 174 valence electrons.